The summed E-state index contributed by atoms with van der Waals surface area (Å²) in [5.41, 5.74) is -0.541. The molecule has 0 radical (unpaired) electrons. The van der Waals surface area contributed by atoms with Crippen molar-refractivity contribution in [1.82, 2.24) is 14.2 Å². The van der Waals surface area contributed by atoms with E-state index in [1.165, 1.54) is 0 Å². The highest BCUT2D eigenvalue weighted by Crippen LogP contribution is 2.37. The first-order chi connectivity index (χ1) is 13.6. The fraction of sp³-hybridized carbons (Fsp3) is 0.500. The number of nitrogens with zero attached hydrogens (tertiary/aromatic N) is 3. The molecule has 0 saturated carbocycles. The highest BCUT2D eigenvalue weighted by molar-refractivity contribution is 9.10. The van der Waals surface area contributed by atoms with Gasteiger partial charge in [-0.2, -0.15) is 4.31 Å². The van der Waals surface area contributed by atoms with Crippen LogP contribution in [0, 0.1) is 11.8 Å². The summed E-state index contributed by atoms with van der Waals surface area (Å²) in [6.45, 7) is 7.39. The Hall–Kier alpha value is -1.71. The van der Waals surface area contributed by atoms with Gasteiger partial charge in [0, 0.05) is 53.8 Å². The van der Waals surface area contributed by atoms with Crippen molar-refractivity contribution < 1.29 is 17.9 Å². The first kappa shape index (κ1) is 20.6. The first-order valence-corrected chi connectivity index (χ1v) is 11.8. The van der Waals surface area contributed by atoms with Crippen molar-refractivity contribution in [3.8, 4) is 0 Å². The van der Waals surface area contributed by atoms with Crippen LogP contribution in [-0.4, -0.2) is 60.5 Å². The second kappa shape index (κ2) is 7.21. The molecule has 2 fully saturated rings. The summed E-state index contributed by atoms with van der Waals surface area (Å²) in [6, 6.07) is 5.23. The minimum atomic E-state index is -3.66. The Morgan fingerprint density at radius 3 is 2.41 bits per heavy atom. The zero-order valence-electron chi connectivity index (χ0n) is 16.6. The Labute approximate surface area is 179 Å². The number of benzene rings is 1. The third-order valence-corrected chi connectivity index (χ3v) is 7.90. The van der Waals surface area contributed by atoms with Crippen LogP contribution in [0.15, 0.2) is 40.0 Å². The van der Waals surface area contributed by atoms with Crippen LogP contribution in [0.1, 0.15) is 20.8 Å². The topological polar surface area (TPSA) is 79.8 Å². The number of pyridine rings is 1. The average Bonchev–Trinajstić information content (AvgIpc) is 3.19. The standard InChI is InChI=1S/C20H24BrN3O4S/c1-20(2,3)28-19(25)23-9-14-11-24(12-15(14)10-23)29(26,27)17-6-4-5-13-7-22-8-16(21)18(13)17/h4-8,14-15H,9-12H2,1-3H3/t14-,15+. The molecular weight excluding hydrogens is 458 g/mol. The van der Waals surface area contributed by atoms with E-state index in [1.807, 2.05) is 26.8 Å². The van der Waals surface area contributed by atoms with Gasteiger partial charge in [-0.15, -0.1) is 0 Å². The molecule has 0 aliphatic carbocycles. The summed E-state index contributed by atoms with van der Waals surface area (Å²) in [4.78, 5) is 18.4. The lowest BCUT2D eigenvalue weighted by Gasteiger charge is -2.26. The minimum absolute atomic E-state index is 0.123. The summed E-state index contributed by atoms with van der Waals surface area (Å²) >= 11 is 3.44. The number of carbonyl (C=O) groups is 1. The van der Waals surface area contributed by atoms with Gasteiger partial charge in [0.05, 0.1) is 4.90 Å². The van der Waals surface area contributed by atoms with Crippen molar-refractivity contribution in [3.63, 3.8) is 0 Å². The van der Waals surface area contributed by atoms with E-state index in [2.05, 4.69) is 20.9 Å². The fourth-order valence-electron chi connectivity index (χ4n) is 4.13. The van der Waals surface area contributed by atoms with Crippen LogP contribution in [0.3, 0.4) is 0 Å². The van der Waals surface area contributed by atoms with E-state index in [4.69, 9.17) is 4.74 Å². The molecule has 2 aliphatic rings. The number of likely N-dealkylation sites (tertiary alicyclic amines) is 1. The van der Waals surface area contributed by atoms with Crippen molar-refractivity contribution in [1.29, 1.82) is 0 Å². The van der Waals surface area contributed by atoms with E-state index in [-0.39, 0.29) is 22.8 Å². The number of amides is 1. The van der Waals surface area contributed by atoms with Crippen molar-refractivity contribution in [2.45, 2.75) is 31.3 Å². The lowest BCUT2D eigenvalue weighted by molar-refractivity contribution is 0.0279. The number of carbonyl (C=O) groups excluding carboxylic acids is 1. The summed E-state index contributed by atoms with van der Waals surface area (Å²) < 4.78 is 34.5. The summed E-state index contributed by atoms with van der Waals surface area (Å²) in [6.07, 6.45) is 2.95. The van der Waals surface area contributed by atoms with Gasteiger partial charge in [0.15, 0.2) is 0 Å². The normalized spacial score (nSPS) is 22.8. The van der Waals surface area contributed by atoms with E-state index < -0.39 is 15.6 Å². The molecule has 7 nitrogen and oxygen atoms in total. The molecule has 0 unspecified atom stereocenters. The number of halogens is 1. The van der Waals surface area contributed by atoms with Gasteiger partial charge in [-0.1, -0.05) is 12.1 Å². The Bertz CT molecular complexity index is 1050. The lowest BCUT2D eigenvalue weighted by atomic mass is 10.0. The minimum Gasteiger partial charge on any atom is -0.444 e. The summed E-state index contributed by atoms with van der Waals surface area (Å²) in [5.74, 6) is 0.245. The van der Waals surface area contributed by atoms with Gasteiger partial charge in [-0.25, -0.2) is 13.2 Å². The second-order valence-corrected chi connectivity index (χ2v) is 11.5. The van der Waals surface area contributed by atoms with Crippen LogP contribution >= 0.6 is 15.9 Å². The Balaban J connectivity index is 1.54. The maximum Gasteiger partial charge on any atom is 0.410 e. The molecule has 0 bridgehead atoms. The molecule has 9 heteroatoms. The van der Waals surface area contributed by atoms with Gasteiger partial charge in [0.2, 0.25) is 10.0 Å². The number of aromatic nitrogens is 1. The average molecular weight is 482 g/mol. The maximum absolute atomic E-state index is 13.4. The van der Waals surface area contributed by atoms with Crippen molar-refractivity contribution in [2.75, 3.05) is 26.2 Å². The summed E-state index contributed by atoms with van der Waals surface area (Å²) in [7, 11) is -3.66. The van der Waals surface area contributed by atoms with Crippen molar-refractivity contribution in [2.24, 2.45) is 11.8 Å². The fourth-order valence-corrected chi connectivity index (χ4v) is 6.62. The van der Waals surface area contributed by atoms with Crippen LogP contribution in [0.4, 0.5) is 4.79 Å². The van der Waals surface area contributed by atoms with Crippen molar-refractivity contribution >= 4 is 42.8 Å². The molecule has 2 aromatic rings. The molecule has 4 rings (SSSR count). The van der Waals surface area contributed by atoms with E-state index >= 15 is 0 Å². The molecule has 2 saturated heterocycles. The highest BCUT2D eigenvalue weighted by Gasteiger charge is 2.46. The largest absolute Gasteiger partial charge is 0.444 e. The predicted octanol–water partition coefficient (Wildman–Crippen LogP) is 3.48. The third kappa shape index (κ3) is 3.87. The molecule has 2 atom stereocenters. The first-order valence-electron chi connectivity index (χ1n) is 9.56. The monoisotopic (exact) mass is 481 g/mol. The zero-order valence-corrected chi connectivity index (χ0v) is 19.0. The molecule has 0 spiro atoms. The quantitative estimate of drug-likeness (QED) is 0.655. The molecule has 1 aromatic carbocycles. The number of ether oxygens (including phenoxy) is 1. The Morgan fingerprint density at radius 1 is 1.14 bits per heavy atom. The molecule has 156 valence electrons. The van der Waals surface area contributed by atoms with Gasteiger partial charge >= 0.3 is 6.09 Å². The SMILES string of the molecule is CC(C)(C)OC(=O)N1C[C@@H]2CN(S(=O)(=O)c3cccc4cncc(Br)c34)C[C@@H]2C1. The van der Waals surface area contributed by atoms with Crippen LogP contribution in [0.5, 0.6) is 0 Å². The van der Waals surface area contributed by atoms with Gasteiger partial charge in [0.1, 0.15) is 5.60 Å². The predicted molar refractivity (Wildman–Crippen MR) is 113 cm³/mol. The maximum atomic E-state index is 13.4. The van der Waals surface area contributed by atoms with E-state index in [9.17, 15) is 13.2 Å². The third-order valence-electron chi connectivity index (χ3n) is 5.42. The number of hydrogen-bond acceptors (Lipinski definition) is 5. The highest BCUT2D eigenvalue weighted by atomic mass is 79.9. The number of sulfonamides is 1. The molecular formula is C20H24BrN3O4S. The van der Waals surface area contributed by atoms with E-state index in [0.29, 0.717) is 36.0 Å². The number of fused-ring (bicyclic) bond motifs is 2. The smallest absolute Gasteiger partial charge is 0.410 e. The van der Waals surface area contributed by atoms with Gasteiger partial charge in [-0.05, 0) is 54.6 Å². The molecule has 1 aromatic heterocycles. The molecule has 2 aliphatic heterocycles. The summed E-state index contributed by atoms with van der Waals surface area (Å²) in [5, 5.41) is 1.42. The van der Waals surface area contributed by atoms with Crippen LogP contribution in [0.2, 0.25) is 0 Å². The van der Waals surface area contributed by atoms with E-state index in [0.717, 1.165) is 5.39 Å². The van der Waals surface area contributed by atoms with Crippen LogP contribution in [0.25, 0.3) is 10.8 Å². The van der Waals surface area contributed by atoms with Gasteiger partial charge in [-0.3, -0.25) is 4.98 Å². The Kier molecular flexibility index (Phi) is 5.11. The van der Waals surface area contributed by atoms with E-state index in [1.54, 1.807) is 33.7 Å². The van der Waals surface area contributed by atoms with Gasteiger partial charge < -0.3 is 9.64 Å². The molecule has 29 heavy (non-hydrogen) atoms. The Morgan fingerprint density at radius 2 is 1.79 bits per heavy atom. The van der Waals surface area contributed by atoms with Crippen LogP contribution < -0.4 is 0 Å². The molecule has 3 heterocycles. The number of hydrogen-bond donors (Lipinski definition) is 0. The van der Waals surface area contributed by atoms with Crippen LogP contribution in [-0.2, 0) is 14.8 Å². The molecule has 1 amide bonds. The second-order valence-electron chi connectivity index (χ2n) is 8.70. The molecule has 0 N–H and O–H groups in total. The van der Waals surface area contributed by atoms with Crippen molar-refractivity contribution in [3.05, 3.63) is 35.1 Å². The zero-order chi connectivity index (χ0) is 21.0. The van der Waals surface area contributed by atoms with Gasteiger partial charge in [0.25, 0.3) is 0 Å². The number of rotatable bonds is 2. The lowest BCUT2D eigenvalue weighted by Crippen LogP contribution is -2.38.